The predicted octanol–water partition coefficient (Wildman–Crippen LogP) is 1.94. The molecule has 0 bridgehead atoms. The van der Waals surface area contributed by atoms with Crippen molar-refractivity contribution in [2.75, 3.05) is 13.1 Å². The molecule has 8 heteroatoms. The Hall–Kier alpha value is -3.57. The number of rotatable bonds is 4. The Morgan fingerprint density at radius 3 is 3.00 bits per heavy atom. The van der Waals surface area contributed by atoms with Gasteiger partial charge in [0.05, 0.1) is 40.7 Å². The number of nitriles is 1. The SMILES string of the molecule is Cc1nnccc1C(=O)NC1CC2(CN(Cc3cccc(C#N)c3)C2)n2ccnc21. The van der Waals surface area contributed by atoms with Gasteiger partial charge in [0, 0.05) is 38.4 Å². The summed E-state index contributed by atoms with van der Waals surface area (Å²) in [5, 5.41) is 20.0. The first-order valence-corrected chi connectivity index (χ1v) is 9.92. The zero-order valence-electron chi connectivity index (χ0n) is 16.6. The minimum absolute atomic E-state index is 0.0534. The molecule has 2 aliphatic rings. The molecule has 30 heavy (non-hydrogen) atoms. The Morgan fingerprint density at radius 2 is 2.20 bits per heavy atom. The summed E-state index contributed by atoms with van der Waals surface area (Å²) in [7, 11) is 0. The third kappa shape index (κ3) is 3.04. The molecule has 1 atom stereocenters. The maximum atomic E-state index is 12.8. The summed E-state index contributed by atoms with van der Waals surface area (Å²) in [4.78, 5) is 19.7. The molecule has 0 aliphatic carbocycles. The summed E-state index contributed by atoms with van der Waals surface area (Å²) in [6.45, 7) is 4.36. The predicted molar refractivity (Wildman–Crippen MR) is 108 cm³/mol. The number of carbonyl (C=O) groups excluding carboxylic acids is 1. The monoisotopic (exact) mass is 399 g/mol. The van der Waals surface area contributed by atoms with Gasteiger partial charge in [-0.25, -0.2) is 4.98 Å². The molecule has 3 aromatic rings. The van der Waals surface area contributed by atoms with Crippen molar-refractivity contribution in [2.45, 2.75) is 31.5 Å². The highest BCUT2D eigenvalue weighted by molar-refractivity contribution is 5.95. The summed E-state index contributed by atoms with van der Waals surface area (Å²) in [5.41, 5.74) is 2.92. The average molecular weight is 399 g/mol. The number of hydrogen-bond donors (Lipinski definition) is 1. The Kier molecular flexibility index (Phi) is 4.33. The summed E-state index contributed by atoms with van der Waals surface area (Å²) in [6, 6.07) is 11.5. The van der Waals surface area contributed by atoms with Crippen molar-refractivity contribution in [3.63, 3.8) is 0 Å². The van der Waals surface area contributed by atoms with Crippen LogP contribution in [-0.4, -0.2) is 43.6 Å². The van der Waals surface area contributed by atoms with Crippen LogP contribution in [0.15, 0.2) is 48.9 Å². The summed E-state index contributed by atoms with van der Waals surface area (Å²) in [5.74, 6) is 0.748. The molecule has 1 amide bonds. The van der Waals surface area contributed by atoms with E-state index in [1.54, 1.807) is 19.2 Å². The molecule has 1 spiro atoms. The molecule has 1 unspecified atom stereocenters. The number of hydrogen-bond acceptors (Lipinski definition) is 6. The van der Waals surface area contributed by atoms with Crippen LogP contribution in [0.3, 0.4) is 0 Å². The molecular formula is C22H21N7O. The van der Waals surface area contributed by atoms with Crippen LogP contribution in [-0.2, 0) is 12.1 Å². The first-order chi connectivity index (χ1) is 14.6. The van der Waals surface area contributed by atoms with Crippen molar-refractivity contribution in [3.8, 4) is 6.07 Å². The van der Waals surface area contributed by atoms with E-state index in [0.717, 1.165) is 37.4 Å². The first kappa shape index (κ1) is 18.5. The fraction of sp³-hybridized carbons (Fsp3) is 0.318. The molecule has 1 fully saturated rings. The van der Waals surface area contributed by atoms with Gasteiger partial charge in [-0.05, 0) is 30.7 Å². The van der Waals surface area contributed by atoms with Crippen molar-refractivity contribution in [1.29, 1.82) is 5.26 Å². The second kappa shape index (κ2) is 7.04. The van der Waals surface area contributed by atoms with Gasteiger partial charge in [0.15, 0.2) is 0 Å². The van der Waals surface area contributed by atoms with E-state index < -0.39 is 0 Å². The van der Waals surface area contributed by atoms with Crippen LogP contribution in [0.4, 0.5) is 0 Å². The number of fused-ring (bicyclic) bond motifs is 2. The number of benzene rings is 1. The van der Waals surface area contributed by atoms with Gasteiger partial charge in [-0.1, -0.05) is 12.1 Å². The van der Waals surface area contributed by atoms with Crippen molar-refractivity contribution >= 4 is 5.91 Å². The van der Waals surface area contributed by atoms with E-state index in [0.29, 0.717) is 16.8 Å². The van der Waals surface area contributed by atoms with Crippen molar-refractivity contribution in [2.24, 2.45) is 0 Å². The maximum Gasteiger partial charge on any atom is 0.253 e. The molecule has 1 saturated heterocycles. The lowest BCUT2D eigenvalue weighted by atomic mass is 9.85. The number of aryl methyl sites for hydroxylation is 1. The lowest BCUT2D eigenvalue weighted by Gasteiger charge is -2.49. The maximum absolute atomic E-state index is 12.8. The third-order valence-electron chi connectivity index (χ3n) is 6.03. The van der Waals surface area contributed by atoms with Crippen LogP contribution in [0.2, 0.25) is 0 Å². The quantitative estimate of drug-likeness (QED) is 0.720. The van der Waals surface area contributed by atoms with Gasteiger partial charge in [0.1, 0.15) is 5.82 Å². The zero-order chi connectivity index (χ0) is 20.7. The second-order valence-electron chi connectivity index (χ2n) is 8.10. The van der Waals surface area contributed by atoms with Gasteiger partial charge in [0.2, 0.25) is 0 Å². The number of aromatic nitrogens is 4. The molecular weight excluding hydrogens is 378 g/mol. The number of nitrogens with zero attached hydrogens (tertiary/aromatic N) is 6. The van der Waals surface area contributed by atoms with Crippen molar-refractivity contribution in [3.05, 3.63) is 77.1 Å². The number of nitrogens with one attached hydrogen (secondary N) is 1. The second-order valence-corrected chi connectivity index (χ2v) is 8.10. The zero-order valence-corrected chi connectivity index (χ0v) is 16.6. The van der Waals surface area contributed by atoms with Gasteiger partial charge in [-0.2, -0.15) is 15.5 Å². The number of carbonyl (C=O) groups is 1. The lowest BCUT2D eigenvalue weighted by Crippen LogP contribution is -2.60. The van der Waals surface area contributed by atoms with Crippen molar-refractivity contribution < 1.29 is 4.79 Å². The van der Waals surface area contributed by atoms with Crippen LogP contribution < -0.4 is 5.32 Å². The van der Waals surface area contributed by atoms with Crippen molar-refractivity contribution in [1.82, 2.24) is 30.0 Å². The summed E-state index contributed by atoms with van der Waals surface area (Å²) in [6.07, 6.45) is 6.15. The van der Waals surface area contributed by atoms with E-state index in [1.165, 1.54) is 6.20 Å². The Bertz CT molecular complexity index is 1160. The van der Waals surface area contributed by atoms with Gasteiger partial charge < -0.3 is 9.88 Å². The van der Waals surface area contributed by atoms with E-state index in [2.05, 4.69) is 42.1 Å². The highest BCUT2D eigenvalue weighted by atomic mass is 16.1. The molecule has 2 aliphatic heterocycles. The molecule has 4 heterocycles. The van der Waals surface area contributed by atoms with E-state index in [1.807, 2.05) is 24.4 Å². The standard InChI is InChI=1S/C22H21N7O/c1-15-18(5-6-25-27-15)21(30)26-19-10-22(29-8-7-24-20(19)29)13-28(14-22)12-17-4-2-3-16(9-17)11-23/h2-9,19H,10,12-14H2,1H3,(H,26,30). The van der Waals surface area contributed by atoms with E-state index in [4.69, 9.17) is 5.26 Å². The Balaban J connectivity index is 1.29. The van der Waals surface area contributed by atoms with E-state index in [9.17, 15) is 4.79 Å². The Labute approximate surface area is 174 Å². The lowest BCUT2D eigenvalue weighted by molar-refractivity contribution is 0.00752. The molecule has 8 nitrogen and oxygen atoms in total. The van der Waals surface area contributed by atoms with Crippen LogP contribution in [0.5, 0.6) is 0 Å². The highest BCUT2D eigenvalue weighted by Crippen LogP contribution is 2.44. The fourth-order valence-electron chi connectivity index (χ4n) is 4.71. The molecule has 2 aromatic heterocycles. The highest BCUT2D eigenvalue weighted by Gasteiger charge is 2.52. The number of amides is 1. The summed E-state index contributed by atoms with van der Waals surface area (Å²) < 4.78 is 2.22. The fourth-order valence-corrected chi connectivity index (χ4v) is 4.71. The van der Waals surface area contributed by atoms with Crippen LogP contribution in [0.1, 0.15) is 45.5 Å². The number of imidazole rings is 1. The van der Waals surface area contributed by atoms with Gasteiger partial charge in [-0.15, -0.1) is 0 Å². The molecule has 1 aromatic carbocycles. The minimum Gasteiger partial charge on any atom is -0.342 e. The topological polar surface area (TPSA) is 99.7 Å². The molecule has 1 N–H and O–H groups in total. The Morgan fingerprint density at radius 1 is 1.33 bits per heavy atom. The van der Waals surface area contributed by atoms with Crippen LogP contribution in [0, 0.1) is 18.3 Å². The average Bonchev–Trinajstić information content (AvgIpc) is 3.31. The third-order valence-corrected chi connectivity index (χ3v) is 6.03. The van der Waals surface area contributed by atoms with Crippen LogP contribution >= 0.6 is 0 Å². The molecule has 5 rings (SSSR count). The molecule has 0 radical (unpaired) electrons. The summed E-state index contributed by atoms with van der Waals surface area (Å²) >= 11 is 0. The smallest absolute Gasteiger partial charge is 0.253 e. The van der Waals surface area contributed by atoms with Gasteiger partial charge >= 0.3 is 0 Å². The molecule has 0 saturated carbocycles. The molecule has 150 valence electrons. The van der Waals surface area contributed by atoms with Crippen LogP contribution in [0.25, 0.3) is 0 Å². The first-order valence-electron chi connectivity index (χ1n) is 9.92. The van der Waals surface area contributed by atoms with Gasteiger partial charge in [0.25, 0.3) is 5.91 Å². The largest absolute Gasteiger partial charge is 0.342 e. The normalized spacial score (nSPS) is 19.1. The van der Waals surface area contributed by atoms with E-state index >= 15 is 0 Å². The van der Waals surface area contributed by atoms with Gasteiger partial charge in [-0.3, -0.25) is 9.69 Å². The number of likely N-dealkylation sites (tertiary alicyclic amines) is 1. The van der Waals surface area contributed by atoms with E-state index in [-0.39, 0.29) is 17.5 Å². The minimum atomic E-state index is -0.150.